The lowest BCUT2D eigenvalue weighted by Crippen LogP contribution is -2.43. The van der Waals surface area contributed by atoms with E-state index in [2.05, 4.69) is 39.6 Å². The highest BCUT2D eigenvalue weighted by Gasteiger charge is 2.29. The maximum atomic E-state index is 13.1. The van der Waals surface area contributed by atoms with Gasteiger partial charge in [0.1, 0.15) is 5.82 Å². The zero-order chi connectivity index (χ0) is 24.6. The molecule has 180 valence electrons. The van der Waals surface area contributed by atoms with Gasteiger partial charge in [-0.05, 0) is 62.2 Å². The van der Waals surface area contributed by atoms with Gasteiger partial charge in [-0.25, -0.2) is 4.98 Å². The number of nitrogens with one attached hydrogen (secondary N) is 3. The number of hydrogen-bond donors (Lipinski definition) is 3. The minimum atomic E-state index is -0.266. The Hall–Kier alpha value is -4.46. The molecule has 2 aromatic heterocycles. The summed E-state index contributed by atoms with van der Waals surface area (Å²) in [4.78, 5) is 36.1. The van der Waals surface area contributed by atoms with Gasteiger partial charge in [0.05, 0.1) is 28.7 Å². The zero-order valence-electron chi connectivity index (χ0n) is 19.9. The van der Waals surface area contributed by atoms with Crippen LogP contribution >= 0.6 is 0 Å². The van der Waals surface area contributed by atoms with Gasteiger partial charge < -0.3 is 15.2 Å². The second-order valence-corrected chi connectivity index (χ2v) is 9.44. The Bertz CT molecular complexity index is 1600. The van der Waals surface area contributed by atoms with Gasteiger partial charge in [0.15, 0.2) is 0 Å². The Morgan fingerprint density at radius 3 is 2.83 bits per heavy atom. The number of aryl methyl sites for hydroxylation is 1. The minimum Gasteiger partial charge on any atom is -0.338 e. The summed E-state index contributed by atoms with van der Waals surface area (Å²) in [6.45, 7) is 3.10. The van der Waals surface area contributed by atoms with Gasteiger partial charge in [-0.3, -0.25) is 14.7 Å². The number of carbonyl (C=O) groups excluding carboxylic acids is 2. The Morgan fingerprint density at radius 1 is 1.06 bits per heavy atom. The molecule has 0 spiro atoms. The number of aromatic nitrogens is 4. The number of hydrogen-bond acceptors (Lipinski definition) is 4. The van der Waals surface area contributed by atoms with E-state index < -0.39 is 0 Å². The summed E-state index contributed by atoms with van der Waals surface area (Å²) >= 11 is 0. The van der Waals surface area contributed by atoms with Crippen molar-refractivity contribution in [3.05, 3.63) is 78.0 Å². The molecule has 0 unspecified atom stereocenters. The van der Waals surface area contributed by atoms with Crippen LogP contribution < -0.4 is 5.32 Å². The number of benzene rings is 3. The predicted octanol–water partition coefficient (Wildman–Crippen LogP) is 4.91. The van der Waals surface area contributed by atoms with Gasteiger partial charge in [0, 0.05) is 35.3 Å². The van der Waals surface area contributed by atoms with Gasteiger partial charge in [0.25, 0.3) is 5.91 Å². The Balaban J connectivity index is 1.15. The van der Waals surface area contributed by atoms with Crippen molar-refractivity contribution < 1.29 is 9.59 Å². The molecule has 2 amide bonds. The van der Waals surface area contributed by atoms with Crippen LogP contribution in [0.2, 0.25) is 0 Å². The van der Waals surface area contributed by atoms with E-state index in [9.17, 15) is 9.59 Å². The number of anilines is 1. The first-order valence-corrected chi connectivity index (χ1v) is 12.1. The topological polar surface area (TPSA) is 107 Å². The molecule has 1 saturated heterocycles. The highest BCUT2D eigenvalue weighted by atomic mass is 16.2. The fourth-order valence-corrected chi connectivity index (χ4v) is 4.89. The number of rotatable bonds is 4. The molecule has 1 aliphatic rings. The van der Waals surface area contributed by atoms with Crippen molar-refractivity contribution in [3.63, 3.8) is 0 Å². The minimum absolute atomic E-state index is 0.0581. The lowest BCUT2D eigenvalue weighted by Gasteiger charge is -2.32. The molecule has 8 nitrogen and oxygen atoms in total. The van der Waals surface area contributed by atoms with Crippen LogP contribution in [0, 0.1) is 12.8 Å². The van der Waals surface area contributed by atoms with Gasteiger partial charge in [0.2, 0.25) is 5.91 Å². The predicted molar refractivity (Wildman–Crippen MR) is 140 cm³/mol. The third-order valence-electron chi connectivity index (χ3n) is 6.81. The van der Waals surface area contributed by atoms with Crippen LogP contribution in [0.3, 0.4) is 0 Å². The number of aromatic amines is 2. The van der Waals surface area contributed by atoms with Crippen molar-refractivity contribution in [3.8, 4) is 11.4 Å². The number of nitrogens with zero attached hydrogens (tertiary/aromatic N) is 3. The fourth-order valence-electron chi connectivity index (χ4n) is 4.89. The first-order valence-electron chi connectivity index (χ1n) is 12.1. The van der Waals surface area contributed by atoms with Gasteiger partial charge in [-0.1, -0.05) is 23.8 Å². The lowest BCUT2D eigenvalue weighted by atomic mass is 9.96. The van der Waals surface area contributed by atoms with Crippen LogP contribution in [0.1, 0.15) is 28.8 Å². The molecular weight excluding hydrogens is 452 g/mol. The number of likely N-dealkylation sites (tertiary alicyclic amines) is 1. The molecule has 1 fully saturated rings. The largest absolute Gasteiger partial charge is 0.338 e. The van der Waals surface area contributed by atoms with E-state index in [0.717, 1.165) is 46.2 Å². The number of amides is 2. The summed E-state index contributed by atoms with van der Waals surface area (Å²) in [5.41, 5.74) is 6.09. The van der Waals surface area contributed by atoms with Gasteiger partial charge in [-0.2, -0.15) is 5.10 Å². The molecule has 0 radical (unpaired) electrons. The Labute approximate surface area is 207 Å². The van der Waals surface area contributed by atoms with E-state index in [0.29, 0.717) is 24.3 Å². The second kappa shape index (κ2) is 8.96. The number of fused-ring (bicyclic) bond motifs is 2. The van der Waals surface area contributed by atoms with E-state index in [1.165, 1.54) is 5.56 Å². The maximum absolute atomic E-state index is 13.1. The zero-order valence-corrected chi connectivity index (χ0v) is 19.9. The highest BCUT2D eigenvalue weighted by molar-refractivity contribution is 5.99. The molecular formula is C28H26N6O2. The molecule has 5 aromatic rings. The van der Waals surface area contributed by atoms with Crippen molar-refractivity contribution in [1.29, 1.82) is 0 Å². The summed E-state index contributed by atoms with van der Waals surface area (Å²) in [7, 11) is 0. The number of imidazole rings is 1. The van der Waals surface area contributed by atoms with Crippen LogP contribution in [0.4, 0.5) is 5.69 Å². The first-order chi connectivity index (χ1) is 17.5. The lowest BCUT2D eigenvalue weighted by molar-refractivity contribution is -0.121. The maximum Gasteiger partial charge on any atom is 0.253 e. The van der Waals surface area contributed by atoms with Crippen LogP contribution in [0.5, 0.6) is 0 Å². The molecule has 0 saturated carbocycles. The molecule has 1 atom stereocenters. The summed E-state index contributed by atoms with van der Waals surface area (Å²) < 4.78 is 0. The van der Waals surface area contributed by atoms with E-state index in [-0.39, 0.29) is 17.7 Å². The fraction of sp³-hybridized carbons (Fsp3) is 0.214. The normalized spacial score (nSPS) is 15.9. The van der Waals surface area contributed by atoms with Crippen molar-refractivity contribution in [2.24, 2.45) is 5.92 Å². The highest BCUT2D eigenvalue weighted by Crippen LogP contribution is 2.25. The molecule has 36 heavy (non-hydrogen) atoms. The third-order valence-corrected chi connectivity index (χ3v) is 6.81. The molecule has 3 heterocycles. The molecule has 6 rings (SSSR count). The van der Waals surface area contributed by atoms with E-state index >= 15 is 0 Å². The van der Waals surface area contributed by atoms with Crippen molar-refractivity contribution >= 4 is 39.4 Å². The Kier molecular flexibility index (Phi) is 5.48. The summed E-state index contributed by atoms with van der Waals surface area (Å²) in [6, 6.07) is 19.4. The monoisotopic (exact) mass is 478 g/mol. The SMILES string of the molecule is Cc1cccc(-c2nc3cc(NC(=O)[C@@H]4CCCN(C(=O)c5ccc6[nH]ncc6c5)C4)ccc3[nH]2)c1. The van der Waals surface area contributed by atoms with E-state index in [4.69, 9.17) is 4.98 Å². The van der Waals surface area contributed by atoms with Gasteiger partial charge >= 0.3 is 0 Å². The number of carbonyl (C=O) groups is 2. The standard InChI is InChI=1S/C28H26N6O2/c1-17-4-2-5-18(12-17)26-31-24-10-8-22(14-25(24)32-26)30-27(35)20-6-3-11-34(16-20)28(36)19-7-9-23-21(13-19)15-29-33-23/h2,4-5,7-10,12-15,20H,3,6,11,16H2,1H3,(H,29,33)(H,30,35)(H,31,32)/t20-/m1/s1. The van der Waals surface area contributed by atoms with Crippen molar-refractivity contribution in [1.82, 2.24) is 25.1 Å². The molecule has 3 N–H and O–H groups in total. The van der Waals surface area contributed by atoms with E-state index in [1.807, 2.05) is 42.5 Å². The van der Waals surface area contributed by atoms with E-state index in [1.54, 1.807) is 17.2 Å². The smallest absolute Gasteiger partial charge is 0.253 e. The quantitative estimate of drug-likeness (QED) is 0.341. The van der Waals surface area contributed by atoms with Crippen LogP contribution in [0.15, 0.2) is 66.9 Å². The summed E-state index contributed by atoms with van der Waals surface area (Å²) in [5, 5.41) is 10.9. The third kappa shape index (κ3) is 4.22. The van der Waals surface area contributed by atoms with Crippen molar-refractivity contribution in [2.75, 3.05) is 18.4 Å². The Morgan fingerprint density at radius 2 is 1.94 bits per heavy atom. The molecule has 1 aliphatic heterocycles. The molecule has 8 heteroatoms. The summed E-state index contributed by atoms with van der Waals surface area (Å²) in [6.07, 6.45) is 3.24. The van der Waals surface area contributed by atoms with Crippen LogP contribution in [-0.2, 0) is 4.79 Å². The molecule has 0 bridgehead atoms. The average Bonchev–Trinajstić information content (AvgIpc) is 3.54. The molecule has 0 aliphatic carbocycles. The number of H-pyrrole nitrogens is 2. The van der Waals surface area contributed by atoms with Crippen LogP contribution in [-0.4, -0.2) is 50.0 Å². The summed E-state index contributed by atoms with van der Waals surface area (Å²) in [5.74, 6) is 0.397. The van der Waals surface area contributed by atoms with Crippen molar-refractivity contribution in [2.45, 2.75) is 19.8 Å². The average molecular weight is 479 g/mol. The number of piperidine rings is 1. The van der Waals surface area contributed by atoms with Gasteiger partial charge in [-0.15, -0.1) is 0 Å². The second-order valence-electron chi connectivity index (χ2n) is 9.44. The molecule has 3 aromatic carbocycles. The first kappa shape index (κ1) is 22.0. The van der Waals surface area contributed by atoms with Crippen LogP contribution in [0.25, 0.3) is 33.3 Å².